The SMILES string of the molecule is CCCCOCC(O)CCC(=O)C(C)(C)C. The zero-order valence-corrected chi connectivity index (χ0v) is 11.1. The Bertz CT molecular complexity index is 194. The van der Waals surface area contributed by atoms with Gasteiger partial charge in [0.25, 0.3) is 0 Å². The highest BCUT2D eigenvalue weighted by Crippen LogP contribution is 2.18. The average Bonchev–Trinajstić information content (AvgIpc) is 2.19. The number of hydrogen-bond donors (Lipinski definition) is 1. The number of unbranched alkanes of at least 4 members (excludes halogenated alkanes) is 1. The molecule has 96 valence electrons. The molecule has 3 heteroatoms. The van der Waals surface area contributed by atoms with Gasteiger partial charge in [-0.25, -0.2) is 0 Å². The van der Waals surface area contributed by atoms with E-state index < -0.39 is 6.10 Å². The number of Topliss-reactive ketones (excluding diaryl/α,β-unsaturated/α-hetero) is 1. The third-order valence-corrected chi connectivity index (χ3v) is 2.49. The molecule has 0 spiro atoms. The second kappa shape index (κ2) is 7.80. The summed E-state index contributed by atoms with van der Waals surface area (Å²) >= 11 is 0. The van der Waals surface area contributed by atoms with E-state index in [1.54, 1.807) is 0 Å². The van der Waals surface area contributed by atoms with E-state index in [4.69, 9.17) is 4.74 Å². The molecule has 0 aromatic heterocycles. The van der Waals surface area contributed by atoms with Crippen LogP contribution in [0.4, 0.5) is 0 Å². The number of rotatable bonds is 8. The molecular weight excluding hydrogens is 204 g/mol. The van der Waals surface area contributed by atoms with Crippen LogP contribution in [0.1, 0.15) is 53.4 Å². The quantitative estimate of drug-likeness (QED) is 0.652. The van der Waals surface area contributed by atoms with Gasteiger partial charge in [-0.2, -0.15) is 0 Å². The van der Waals surface area contributed by atoms with E-state index in [1.807, 2.05) is 20.8 Å². The van der Waals surface area contributed by atoms with Crippen molar-refractivity contribution < 1.29 is 14.6 Å². The molecule has 0 saturated carbocycles. The molecule has 0 fully saturated rings. The standard InChI is InChI=1S/C13H26O3/c1-5-6-9-16-10-11(14)7-8-12(15)13(2,3)4/h11,14H,5-10H2,1-4H3. The summed E-state index contributed by atoms with van der Waals surface area (Å²) in [5.41, 5.74) is -0.303. The van der Waals surface area contributed by atoms with Gasteiger partial charge in [0.15, 0.2) is 0 Å². The molecule has 3 nitrogen and oxygen atoms in total. The molecule has 0 aliphatic carbocycles. The van der Waals surface area contributed by atoms with Gasteiger partial charge in [0, 0.05) is 18.4 Å². The Morgan fingerprint density at radius 2 is 2.00 bits per heavy atom. The molecule has 1 unspecified atom stereocenters. The lowest BCUT2D eigenvalue weighted by atomic mass is 9.88. The monoisotopic (exact) mass is 230 g/mol. The second-order valence-electron chi connectivity index (χ2n) is 5.29. The van der Waals surface area contributed by atoms with Gasteiger partial charge < -0.3 is 9.84 Å². The molecule has 0 aliphatic rings. The predicted molar refractivity (Wildman–Crippen MR) is 65.4 cm³/mol. The van der Waals surface area contributed by atoms with Crippen LogP contribution in [-0.2, 0) is 9.53 Å². The van der Waals surface area contributed by atoms with E-state index in [0.29, 0.717) is 26.1 Å². The van der Waals surface area contributed by atoms with Crippen molar-refractivity contribution in [1.82, 2.24) is 0 Å². The minimum absolute atomic E-state index is 0.195. The Morgan fingerprint density at radius 3 is 2.50 bits per heavy atom. The summed E-state index contributed by atoms with van der Waals surface area (Å²) in [5.74, 6) is 0.195. The molecule has 0 bridgehead atoms. The summed E-state index contributed by atoms with van der Waals surface area (Å²) in [6.45, 7) is 8.85. The summed E-state index contributed by atoms with van der Waals surface area (Å²) in [6.07, 6.45) is 2.54. The largest absolute Gasteiger partial charge is 0.391 e. The fourth-order valence-electron chi connectivity index (χ4n) is 1.22. The number of carbonyl (C=O) groups excluding carboxylic acids is 1. The molecule has 1 N–H and O–H groups in total. The van der Waals surface area contributed by atoms with Crippen molar-refractivity contribution in [2.75, 3.05) is 13.2 Å². The number of carbonyl (C=O) groups is 1. The molecule has 0 aromatic carbocycles. The molecule has 0 radical (unpaired) electrons. The first-order chi connectivity index (χ1) is 7.38. The zero-order chi connectivity index (χ0) is 12.6. The van der Waals surface area contributed by atoms with Gasteiger partial charge in [0.1, 0.15) is 5.78 Å². The Kier molecular flexibility index (Phi) is 7.60. The minimum atomic E-state index is -0.511. The van der Waals surface area contributed by atoms with Gasteiger partial charge in [0.05, 0.1) is 12.7 Å². The van der Waals surface area contributed by atoms with Gasteiger partial charge in [-0.05, 0) is 12.8 Å². The lowest BCUT2D eigenvalue weighted by Gasteiger charge is -2.17. The van der Waals surface area contributed by atoms with Crippen molar-refractivity contribution in [1.29, 1.82) is 0 Å². The highest BCUT2D eigenvalue weighted by Gasteiger charge is 2.21. The Balaban J connectivity index is 3.57. The number of ether oxygens (including phenoxy) is 1. The predicted octanol–water partition coefficient (Wildman–Crippen LogP) is 2.56. The summed E-state index contributed by atoms with van der Waals surface area (Å²) in [6, 6.07) is 0. The first-order valence-electron chi connectivity index (χ1n) is 6.17. The van der Waals surface area contributed by atoms with Crippen molar-refractivity contribution in [3.63, 3.8) is 0 Å². The van der Waals surface area contributed by atoms with Crippen molar-refractivity contribution >= 4 is 5.78 Å². The molecule has 0 aromatic rings. The van der Waals surface area contributed by atoms with Crippen molar-refractivity contribution in [3.8, 4) is 0 Å². The maximum Gasteiger partial charge on any atom is 0.138 e. The molecule has 0 heterocycles. The number of ketones is 1. The zero-order valence-electron chi connectivity index (χ0n) is 11.1. The molecular formula is C13H26O3. The third kappa shape index (κ3) is 7.83. The van der Waals surface area contributed by atoms with Crippen molar-refractivity contribution in [3.05, 3.63) is 0 Å². The molecule has 16 heavy (non-hydrogen) atoms. The maximum atomic E-state index is 11.6. The fourth-order valence-corrected chi connectivity index (χ4v) is 1.22. The number of aliphatic hydroxyl groups is 1. The summed E-state index contributed by atoms with van der Waals surface area (Å²) in [5, 5.41) is 9.59. The van der Waals surface area contributed by atoms with Gasteiger partial charge in [-0.3, -0.25) is 4.79 Å². The molecule has 0 saturated heterocycles. The highest BCUT2D eigenvalue weighted by molar-refractivity contribution is 5.83. The van der Waals surface area contributed by atoms with Crippen LogP contribution in [0.15, 0.2) is 0 Å². The van der Waals surface area contributed by atoms with Crippen molar-refractivity contribution in [2.45, 2.75) is 59.5 Å². The van der Waals surface area contributed by atoms with Crippen LogP contribution in [0.2, 0.25) is 0 Å². The minimum Gasteiger partial charge on any atom is -0.391 e. The average molecular weight is 230 g/mol. The Labute approximate surface area is 99.2 Å². The first-order valence-corrected chi connectivity index (χ1v) is 6.17. The third-order valence-electron chi connectivity index (χ3n) is 2.49. The summed E-state index contributed by atoms with van der Waals surface area (Å²) < 4.78 is 5.29. The smallest absolute Gasteiger partial charge is 0.138 e. The van der Waals surface area contributed by atoms with Crippen LogP contribution < -0.4 is 0 Å². The van der Waals surface area contributed by atoms with E-state index in [0.717, 1.165) is 12.8 Å². The Morgan fingerprint density at radius 1 is 1.38 bits per heavy atom. The first kappa shape index (κ1) is 15.6. The number of aliphatic hydroxyl groups excluding tert-OH is 1. The summed E-state index contributed by atoms with van der Waals surface area (Å²) in [7, 11) is 0. The van der Waals surface area contributed by atoms with Crippen LogP contribution in [0.25, 0.3) is 0 Å². The van der Waals surface area contributed by atoms with Crippen LogP contribution in [0.3, 0.4) is 0 Å². The summed E-state index contributed by atoms with van der Waals surface area (Å²) in [4.78, 5) is 11.6. The van der Waals surface area contributed by atoms with E-state index >= 15 is 0 Å². The lowest BCUT2D eigenvalue weighted by Crippen LogP contribution is -2.23. The van der Waals surface area contributed by atoms with Gasteiger partial charge in [-0.15, -0.1) is 0 Å². The van der Waals surface area contributed by atoms with E-state index in [1.165, 1.54) is 0 Å². The van der Waals surface area contributed by atoms with Crippen LogP contribution in [0, 0.1) is 5.41 Å². The van der Waals surface area contributed by atoms with E-state index in [-0.39, 0.29) is 11.2 Å². The molecule has 1 atom stereocenters. The second-order valence-corrected chi connectivity index (χ2v) is 5.29. The topological polar surface area (TPSA) is 46.5 Å². The van der Waals surface area contributed by atoms with Gasteiger partial charge in [-0.1, -0.05) is 34.1 Å². The van der Waals surface area contributed by atoms with Crippen LogP contribution in [-0.4, -0.2) is 30.2 Å². The lowest BCUT2D eigenvalue weighted by molar-refractivity contribution is -0.127. The maximum absolute atomic E-state index is 11.6. The van der Waals surface area contributed by atoms with Gasteiger partial charge >= 0.3 is 0 Å². The van der Waals surface area contributed by atoms with Crippen LogP contribution >= 0.6 is 0 Å². The van der Waals surface area contributed by atoms with Crippen LogP contribution in [0.5, 0.6) is 0 Å². The Hall–Kier alpha value is -0.410. The normalized spacial score (nSPS) is 13.8. The number of hydrogen-bond acceptors (Lipinski definition) is 3. The molecule has 0 rings (SSSR count). The fraction of sp³-hybridized carbons (Fsp3) is 0.923. The highest BCUT2D eigenvalue weighted by atomic mass is 16.5. The van der Waals surface area contributed by atoms with E-state index in [2.05, 4.69) is 6.92 Å². The molecule has 0 amide bonds. The van der Waals surface area contributed by atoms with Gasteiger partial charge in [0.2, 0.25) is 0 Å². The molecule has 0 aliphatic heterocycles. The van der Waals surface area contributed by atoms with Crippen molar-refractivity contribution in [2.24, 2.45) is 5.41 Å². The van der Waals surface area contributed by atoms with E-state index in [9.17, 15) is 9.90 Å².